The number of hydrogen-bond donors (Lipinski definition) is 2. The molecule has 7 heterocycles. The molecule has 2 aromatic heterocycles. The Morgan fingerprint density at radius 2 is 2.02 bits per heavy atom. The standard InChI is InChI=1S/C39H38ClF3N8O3S/c40-28-26(22-5-6-24(42)34-25(22)23(16-44)35(45)55-34)29(43)31-27-33(28)53-14-8-21-7-11-49(37(52)32-30(46-32)19-3-1-4-19)12-13-51(21)36(27)48-38(47-31)54-18-39-9-2-10-50(39)17-20(41)15-39/h5-6,20-21,32,46H,1-4,7-15,17-18,45H2/t20-,21?,32-,39+/m1/s1. The van der Waals surface area contributed by atoms with Crippen molar-refractivity contribution in [3.05, 3.63) is 45.6 Å². The van der Waals surface area contributed by atoms with Gasteiger partial charge in [0.05, 0.1) is 32.8 Å². The highest BCUT2D eigenvalue weighted by Gasteiger charge is 2.50. The molecule has 1 saturated carbocycles. The Labute approximate surface area is 323 Å². The summed E-state index contributed by atoms with van der Waals surface area (Å²) in [4.78, 5) is 29.4. The Morgan fingerprint density at radius 3 is 2.82 bits per heavy atom. The first-order valence-corrected chi connectivity index (χ1v) is 20.2. The zero-order valence-electron chi connectivity index (χ0n) is 29.9. The lowest BCUT2D eigenvalue weighted by Gasteiger charge is -2.34. The van der Waals surface area contributed by atoms with Crippen molar-refractivity contribution in [2.24, 2.45) is 0 Å². The molecule has 5 aliphatic heterocycles. The van der Waals surface area contributed by atoms with Gasteiger partial charge >= 0.3 is 6.01 Å². The van der Waals surface area contributed by atoms with E-state index in [2.05, 4.69) is 20.1 Å². The number of benzene rings is 2. The number of carbonyl (C=O) groups is 1. The molecule has 3 N–H and O–H groups in total. The van der Waals surface area contributed by atoms with Crippen molar-refractivity contribution in [1.82, 2.24) is 25.1 Å². The van der Waals surface area contributed by atoms with Gasteiger partial charge in [-0.25, -0.2) is 13.2 Å². The van der Waals surface area contributed by atoms with Crippen LogP contribution in [0, 0.1) is 23.0 Å². The number of amides is 1. The van der Waals surface area contributed by atoms with Gasteiger partial charge in [0.15, 0.2) is 11.6 Å². The Bertz CT molecular complexity index is 2380. The number of allylic oxidation sites excluding steroid dienone is 1. The van der Waals surface area contributed by atoms with E-state index in [1.54, 1.807) is 0 Å². The topological polar surface area (TPSA) is 143 Å². The average Bonchev–Trinajstić information content (AvgIpc) is 3.63. The fourth-order valence-corrected chi connectivity index (χ4v) is 10.8. The van der Waals surface area contributed by atoms with Gasteiger partial charge in [0.25, 0.3) is 5.91 Å². The minimum Gasteiger partial charge on any atom is -0.491 e. The molecule has 10 rings (SSSR count). The number of nitrogens with zero attached hydrogens (tertiary/aromatic N) is 6. The van der Waals surface area contributed by atoms with E-state index in [9.17, 15) is 14.4 Å². The number of carbonyl (C=O) groups excluding carboxylic acids is 1. The number of rotatable bonds is 5. The summed E-state index contributed by atoms with van der Waals surface area (Å²) in [6.45, 7) is 2.82. The molecule has 5 fully saturated rings. The molecule has 4 saturated heterocycles. The quantitative estimate of drug-likeness (QED) is 0.217. The monoisotopic (exact) mass is 790 g/mol. The van der Waals surface area contributed by atoms with Crippen LogP contribution in [0.1, 0.15) is 56.9 Å². The molecule has 2 aromatic carbocycles. The normalized spacial score (nSPS) is 26.1. The van der Waals surface area contributed by atoms with Crippen molar-refractivity contribution in [1.29, 1.82) is 5.26 Å². The van der Waals surface area contributed by atoms with E-state index in [1.165, 1.54) is 17.7 Å². The van der Waals surface area contributed by atoms with Crippen LogP contribution in [0.2, 0.25) is 5.02 Å². The lowest BCUT2D eigenvalue weighted by Crippen LogP contribution is -2.43. The fourth-order valence-electron chi connectivity index (χ4n) is 9.53. The van der Waals surface area contributed by atoms with Crippen molar-refractivity contribution in [2.45, 2.75) is 75.2 Å². The number of alkyl halides is 1. The first kappa shape index (κ1) is 34.9. The van der Waals surface area contributed by atoms with E-state index in [-0.39, 0.29) is 90.7 Å². The third-order valence-electron chi connectivity index (χ3n) is 12.5. The number of nitrogens with one attached hydrogen (secondary N) is 1. The van der Waals surface area contributed by atoms with Gasteiger partial charge in [-0.15, -0.1) is 11.3 Å². The molecule has 6 aliphatic rings. The lowest BCUT2D eigenvalue weighted by molar-refractivity contribution is -0.130. The van der Waals surface area contributed by atoms with Crippen molar-refractivity contribution >= 4 is 60.7 Å². The third-order valence-corrected chi connectivity index (χ3v) is 13.9. The van der Waals surface area contributed by atoms with Crippen molar-refractivity contribution in [3.8, 4) is 29.0 Å². The van der Waals surface area contributed by atoms with Crippen molar-refractivity contribution in [2.75, 3.05) is 56.6 Å². The molecule has 1 amide bonds. The molecular weight excluding hydrogens is 753 g/mol. The second-order valence-corrected chi connectivity index (χ2v) is 17.0. The number of fused-ring (bicyclic) bond motifs is 4. The molecule has 286 valence electrons. The van der Waals surface area contributed by atoms with Gasteiger partial charge in [-0.1, -0.05) is 17.7 Å². The number of hydrogen-bond acceptors (Lipinski definition) is 11. The third kappa shape index (κ3) is 5.49. The maximum atomic E-state index is 17.5. The number of ether oxygens (including phenoxy) is 2. The summed E-state index contributed by atoms with van der Waals surface area (Å²) >= 11 is 8.06. The SMILES string of the molecule is N#Cc1c(N)sc2c(F)ccc(-c3c(Cl)c4c5c(nc(OC[C@@]67CCCN6C[C@H](F)C7)nc5c3F)N3CCN(C(=O)[C@@H]5NC5=C5CCC5)CCC3CCO4)c12. The van der Waals surface area contributed by atoms with Gasteiger partial charge in [-0.05, 0) is 62.3 Å². The highest BCUT2D eigenvalue weighted by molar-refractivity contribution is 7.23. The second-order valence-electron chi connectivity index (χ2n) is 15.5. The van der Waals surface area contributed by atoms with Crippen LogP contribution in [0.3, 0.4) is 0 Å². The number of halogens is 4. The molecule has 4 aromatic rings. The van der Waals surface area contributed by atoms with Crippen LogP contribution in [0.25, 0.3) is 32.1 Å². The molecule has 0 spiro atoms. The number of aromatic nitrogens is 2. The summed E-state index contributed by atoms with van der Waals surface area (Å²) in [7, 11) is 0. The zero-order chi connectivity index (χ0) is 37.7. The largest absolute Gasteiger partial charge is 0.491 e. The molecule has 4 atom stereocenters. The number of thiophene rings is 1. The number of anilines is 2. The van der Waals surface area contributed by atoms with Gasteiger partial charge in [0.2, 0.25) is 0 Å². The van der Waals surface area contributed by atoms with Crippen LogP contribution in [-0.4, -0.2) is 95.4 Å². The van der Waals surface area contributed by atoms with Gasteiger partial charge < -0.3 is 30.3 Å². The summed E-state index contributed by atoms with van der Waals surface area (Å²) in [6.07, 6.45) is 5.45. The second kappa shape index (κ2) is 13.0. The first-order valence-electron chi connectivity index (χ1n) is 19.0. The molecule has 1 aliphatic carbocycles. The van der Waals surface area contributed by atoms with Gasteiger partial charge in [0.1, 0.15) is 47.0 Å². The predicted octanol–water partition coefficient (Wildman–Crippen LogP) is 6.45. The van der Waals surface area contributed by atoms with Crippen molar-refractivity contribution in [3.63, 3.8) is 0 Å². The molecule has 0 bridgehead atoms. The van der Waals surface area contributed by atoms with Crippen LogP contribution in [0.5, 0.6) is 11.8 Å². The van der Waals surface area contributed by atoms with Gasteiger partial charge in [-0.3, -0.25) is 9.69 Å². The minimum absolute atomic E-state index is 0.0214. The van der Waals surface area contributed by atoms with Crippen molar-refractivity contribution < 1.29 is 27.4 Å². The average molecular weight is 791 g/mol. The van der Waals surface area contributed by atoms with Gasteiger partial charge in [0, 0.05) is 61.7 Å². The van der Waals surface area contributed by atoms with Crippen LogP contribution >= 0.6 is 22.9 Å². The summed E-state index contributed by atoms with van der Waals surface area (Å²) in [5, 5.41) is 13.8. The van der Waals surface area contributed by atoms with Crippen LogP contribution in [0.15, 0.2) is 23.4 Å². The lowest BCUT2D eigenvalue weighted by atomic mass is 9.91. The first-order chi connectivity index (χ1) is 26.7. The Balaban J connectivity index is 1.11. The maximum absolute atomic E-state index is 17.5. The predicted molar refractivity (Wildman–Crippen MR) is 203 cm³/mol. The van der Waals surface area contributed by atoms with Crippen LogP contribution < -0.4 is 25.4 Å². The van der Waals surface area contributed by atoms with Gasteiger partial charge in [-0.2, -0.15) is 15.2 Å². The Morgan fingerprint density at radius 1 is 1.16 bits per heavy atom. The fraction of sp³-hybridized carbons (Fsp3) is 0.487. The van der Waals surface area contributed by atoms with E-state index in [0.29, 0.717) is 51.3 Å². The number of nitriles is 1. The summed E-state index contributed by atoms with van der Waals surface area (Å²) in [5.74, 6) is -0.860. The number of nitrogen functional groups attached to an aromatic ring is 1. The molecule has 16 heteroatoms. The Kier molecular flexibility index (Phi) is 8.27. The van der Waals surface area contributed by atoms with Crippen LogP contribution in [-0.2, 0) is 4.79 Å². The highest BCUT2D eigenvalue weighted by Crippen LogP contribution is 2.51. The summed E-state index contributed by atoms with van der Waals surface area (Å²) < 4.78 is 60.2. The summed E-state index contributed by atoms with van der Waals surface area (Å²) in [5.41, 5.74) is 8.00. The van der Waals surface area contributed by atoms with Crippen LogP contribution in [0.4, 0.5) is 24.0 Å². The molecule has 0 radical (unpaired) electrons. The molecule has 11 nitrogen and oxygen atoms in total. The zero-order valence-corrected chi connectivity index (χ0v) is 31.5. The minimum atomic E-state index is -0.968. The van der Waals surface area contributed by atoms with E-state index >= 15 is 8.78 Å². The molecule has 1 unspecified atom stereocenters. The number of nitrogens with two attached hydrogens (primary N) is 1. The Hall–Kier alpha value is -4.52. The van der Waals surface area contributed by atoms with E-state index in [4.69, 9.17) is 31.8 Å². The van der Waals surface area contributed by atoms with E-state index in [0.717, 1.165) is 55.7 Å². The molecule has 55 heavy (non-hydrogen) atoms. The maximum Gasteiger partial charge on any atom is 0.319 e. The molecular formula is C39H38ClF3N8O3S. The smallest absolute Gasteiger partial charge is 0.319 e. The summed E-state index contributed by atoms with van der Waals surface area (Å²) in [6, 6.07) is 4.15. The highest BCUT2D eigenvalue weighted by atomic mass is 35.5. The van der Waals surface area contributed by atoms with E-state index in [1.807, 2.05) is 11.0 Å². The van der Waals surface area contributed by atoms with E-state index < -0.39 is 23.3 Å².